The highest BCUT2D eigenvalue weighted by Crippen LogP contribution is 2.08. The van der Waals surface area contributed by atoms with E-state index in [-0.39, 0.29) is 31.1 Å². The Hall–Kier alpha value is -3.17. The van der Waals surface area contributed by atoms with E-state index in [1.807, 2.05) is 31.2 Å². The van der Waals surface area contributed by atoms with E-state index in [1.54, 1.807) is 24.3 Å². The van der Waals surface area contributed by atoms with Gasteiger partial charge in [-0.15, -0.1) is 0 Å². The van der Waals surface area contributed by atoms with Gasteiger partial charge in [0, 0.05) is 11.7 Å². The zero-order chi connectivity index (χ0) is 19.5. The Morgan fingerprint density at radius 3 is 2.37 bits per heavy atom. The molecule has 0 saturated heterocycles. The normalized spacial score (nSPS) is 11.3. The molecule has 6 heteroatoms. The molecule has 0 aromatic heterocycles. The van der Waals surface area contributed by atoms with Gasteiger partial charge < -0.3 is 15.4 Å². The number of carbonyl (C=O) groups is 2. The van der Waals surface area contributed by atoms with Gasteiger partial charge in [0.25, 0.3) is 0 Å². The molecule has 0 bridgehead atoms. The van der Waals surface area contributed by atoms with E-state index in [2.05, 4.69) is 22.8 Å². The molecule has 0 spiro atoms. The first-order valence-corrected chi connectivity index (χ1v) is 8.78. The molecule has 0 radical (unpaired) electrons. The Labute approximate surface area is 159 Å². The predicted molar refractivity (Wildman–Crippen MR) is 103 cm³/mol. The van der Waals surface area contributed by atoms with Gasteiger partial charge in [0.1, 0.15) is 13.2 Å². The fourth-order valence-corrected chi connectivity index (χ4v) is 2.48. The van der Waals surface area contributed by atoms with Gasteiger partial charge in [-0.3, -0.25) is 9.59 Å². The number of nitrogens with zero attached hydrogens (tertiary/aromatic N) is 1. The first-order valence-electron chi connectivity index (χ1n) is 8.78. The van der Waals surface area contributed by atoms with Crippen molar-refractivity contribution in [1.29, 1.82) is 5.26 Å². The van der Waals surface area contributed by atoms with Crippen LogP contribution in [0.5, 0.6) is 0 Å². The Morgan fingerprint density at radius 1 is 1.04 bits per heavy atom. The van der Waals surface area contributed by atoms with Crippen LogP contribution in [0.4, 0.5) is 5.69 Å². The fourth-order valence-electron chi connectivity index (χ4n) is 2.48. The number of rotatable bonds is 9. The van der Waals surface area contributed by atoms with E-state index >= 15 is 0 Å². The molecule has 0 aliphatic heterocycles. The number of hydrogen-bond donors (Lipinski definition) is 2. The first kappa shape index (κ1) is 20.1. The van der Waals surface area contributed by atoms with Gasteiger partial charge in [-0.05, 0) is 49.6 Å². The van der Waals surface area contributed by atoms with E-state index in [1.165, 1.54) is 5.56 Å². The van der Waals surface area contributed by atoms with Crippen LogP contribution in [0.2, 0.25) is 0 Å². The topological polar surface area (TPSA) is 91.2 Å². The molecule has 2 aromatic rings. The number of hydrogen-bond acceptors (Lipinski definition) is 4. The molecule has 0 fully saturated rings. The maximum absolute atomic E-state index is 11.9. The summed E-state index contributed by atoms with van der Waals surface area (Å²) in [7, 11) is 0. The van der Waals surface area contributed by atoms with Crippen molar-refractivity contribution in [2.75, 3.05) is 18.5 Å². The lowest BCUT2D eigenvalue weighted by Crippen LogP contribution is -2.36. The minimum atomic E-state index is -0.357. The number of amides is 2. The molecular formula is C21H23N3O3. The number of anilines is 1. The smallest absolute Gasteiger partial charge is 0.250 e. The molecule has 2 rings (SSSR count). The second kappa shape index (κ2) is 10.7. The molecule has 140 valence electrons. The molecule has 2 aromatic carbocycles. The quantitative estimate of drug-likeness (QED) is 0.715. The maximum atomic E-state index is 11.9. The molecular weight excluding hydrogens is 342 g/mol. The zero-order valence-electron chi connectivity index (χ0n) is 15.3. The van der Waals surface area contributed by atoms with E-state index in [4.69, 9.17) is 10.00 Å². The maximum Gasteiger partial charge on any atom is 0.250 e. The third kappa shape index (κ3) is 7.72. The zero-order valence-corrected chi connectivity index (χ0v) is 15.3. The third-order valence-electron chi connectivity index (χ3n) is 3.88. The number of nitrogens with one attached hydrogen (secondary N) is 2. The Morgan fingerprint density at radius 2 is 1.70 bits per heavy atom. The summed E-state index contributed by atoms with van der Waals surface area (Å²) < 4.78 is 5.16. The minimum Gasteiger partial charge on any atom is -0.362 e. The number of ether oxygens (including phenoxy) is 1. The predicted octanol–water partition coefficient (Wildman–Crippen LogP) is 2.65. The lowest BCUT2D eigenvalue weighted by atomic mass is 10.1. The fraction of sp³-hybridized carbons (Fsp3) is 0.286. The summed E-state index contributed by atoms with van der Waals surface area (Å²) in [6.07, 6.45) is 1.71. The van der Waals surface area contributed by atoms with Crippen LogP contribution in [-0.2, 0) is 20.7 Å². The second-order valence-electron chi connectivity index (χ2n) is 6.22. The molecule has 27 heavy (non-hydrogen) atoms. The van der Waals surface area contributed by atoms with Crippen molar-refractivity contribution in [3.63, 3.8) is 0 Å². The van der Waals surface area contributed by atoms with E-state index in [9.17, 15) is 9.59 Å². The van der Waals surface area contributed by atoms with Gasteiger partial charge in [0.05, 0.1) is 11.6 Å². The van der Waals surface area contributed by atoms with Crippen molar-refractivity contribution in [1.82, 2.24) is 5.32 Å². The number of nitriles is 1. The van der Waals surface area contributed by atoms with Crippen molar-refractivity contribution in [2.24, 2.45) is 0 Å². The summed E-state index contributed by atoms with van der Waals surface area (Å²) in [6, 6.07) is 18.6. The first-order chi connectivity index (χ1) is 13.1. The van der Waals surface area contributed by atoms with Crippen molar-refractivity contribution < 1.29 is 14.3 Å². The van der Waals surface area contributed by atoms with Gasteiger partial charge in [-0.25, -0.2) is 0 Å². The monoisotopic (exact) mass is 365 g/mol. The van der Waals surface area contributed by atoms with Crippen molar-refractivity contribution in [2.45, 2.75) is 25.8 Å². The number of benzene rings is 2. The van der Waals surface area contributed by atoms with Crippen LogP contribution in [0, 0.1) is 11.3 Å². The molecule has 6 nitrogen and oxygen atoms in total. The molecule has 0 unspecified atom stereocenters. The Balaban J connectivity index is 1.61. The molecule has 0 saturated carbocycles. The van der Waals surface area contributed by atoms with E-state index in [0.29, 0.717) is 11.3 Å². The highest BCUT2D eigenvalue weighted by atomic mass is 16.5. The van der Waals surface area contributed by atoms with Gasteiger partial charge in [-0.2, -0.15) is 5.26 Å². The van der Waals surface area contributed by atoms with Crippen LogP contribution >= 0.6 is 0 Å². The van der Waals surface area contributed by atoms with Gasteiger partial charge in [0.2, 0.25) is 11.8 Å². The average Bonchev–Trinajstić information content (AvgIpc) is 2.68. The molecule has 2 amide bonds. The van der Waals surface area contributed by atoms with Crippen LogP contribution in [0.3, 0.4) is 0 Å². The minimum absolute atomic E-state index is 0.0220. The second-order valence-corrected chi connectivity index (χ2v) is 6.22. The SMILES string of the molecule is C[C@@H](CCc1ccccc1)NC(=O)COCC(=O)Nc1ccc(C#N)cc1. The average molecular weight is 365 g/mol. The van der Waals surface area contributed by atoms with E-state index < -0.39 is 0 Å². The molecule has 0 aliphatic carbocycles. The van der Waals surface area contributed by atoms with E-state index in [0.717, 1.165) is 12.8 Å². The van der Waals surface area contributed by atoms with Crippen LogP contribution in [0.1, 0.15) is 24.5 Å². The van der Waals surface area contributed by atoms with Crippen LogP contribution < -0.4 is 10.6 Å². The van der Waals surface area contributed by atoms with Crippen molar-refractivity contribution >= 4 is 17.5 Å². The number of carbonyl (C=O) groups excluding carboxylic acids is 2. The van der Waals surface area contributed by atoms with Crippen LogP contribution in [0.25, 0.3) is 0 Å². The van der Waals surface area contributed by atoms with Gasteiger partial charge >= 0.3 is 0 Å². The molecule has 0 aliphatic rings. The molecule has 1 atom stereocenters. The summed E-state index contributed by atoms with van der Waals surface area (Å²) in [5.74, 6) is -0.605. The van der Waals surface area contributed by atoms with Crippen molar-refractivity contribution in [3.05, 3.63) is 65.7 Å². The van der Waals surface area contributed by atoms with Gasteiger partial charge in [0.15, 0.2) is 0 Å². The van der Waals surface area contributed by atoms with Gasteiger partial charge in [-0.1, -0.05) is 30.3 Å². The van der Waals surface area contributed by atoms with Crippen LogP contribution in [0.15, 0.2) is 54.6 Å². The Bertz CT molecular complexity index is 783. The van der Waals surface area contributed by atoms with Crippen LogP contribution in [-0.4, -0.2) is 31.1 Å². The third-order valence-corrected chi connectivity index (χ3v) is 3.88. The summed E-state index contributed by atoms with van der Waals surface area (Å²) in [5.41, 5.74) is 2.32. The summed E-state index contributed by atoms with van der Waals surface area (Å²) in [5, 5.41) is 14.2. The highest BCUT2D eigenvalue weighted by molar-refractivity contribution is 5.91. The Kier molecular flexibility index (Phi) is 8.01. The lowest BCUT2D eigenvalue weighted by molar-refractivity contribution is -0.129. The number of aryl methyl sites for hydroxylation is 1. The summed E-state index contributed by atoms with van der Waals surface area (Å²) >= 11 is 0. The highest BCUT2D eigenvalue weighted by Gasteiger charge is 2.09. The molecule has 0 heterocycles. The largest absolute Gasteiger partial charge is 0.362 e. The standard InChI is InChI=1S/C21H23N3O3/c1-16(7-8-17-5-3-2-4-6-17)23-20(25)14-27-15-21(26)24-19-11-9-18(13-22)10-12-19/h2-6,9-12,16H,7-8,14-15H2,1H3,(H,23,25)(H,24,26)/t16-/m0/s1. The summed E-state index contributed by atoms with van der Waals surface area (Å²) in [6.45, 7) is 1.56. The molecule has 2 N–H and O–H groups in total. The summed E-state index contributed by atoms with van der Waals surface area (Å²) in [4.78, 5) is 23.7. The lowest BCUT2D eigenvalue weighted by Gasteiger charge is -2.14. The van der Waals surface area contributed by atoms with Crippen molar-refractivity contribution in [3.8, 4) is 6.07 Å².